The van der Waals surface area contributed by atoms with Crippen molar-refractivity contribution in [2.24, 2.45) is 23.0 Å². The van der Waals surface area contributed by atoms with Gasteiger partial charge in [0.15, 0.2) is 0 Å². The van der Waals surface area contributed by atoms with Crippen molar-refractivity contribution in [2.75, 3.05) is 18.8 Å². The van der Waals surface area contributed by atoms with Gasteiger partial charge >= 0.3 is 0 Å². The number of fused-ring (bicyclic) bond motifs is 5. The van der Waals surface area contributed by atoms with Crippen LogP contribution in [0.5, 0.6) is 0 Å². The van der Waals surface area contributed by atoms with Gasteiger partial charge in [-0.05, 0) is 78.2 Å². The lowest BCUT2D eigenvalue weighted by Crippen LogP contribution is -2.56. The summed E-state index contributed by atoms with van der Waals surface area (Å²) in [5.41, 5.74) is 10.2. The van der Waals surface area contributed by atoms with E-state index in [-0.39, 0.29) is 46.3 Å². The van der Waals surface area contributed by atoms with Crippen LogP contribution in [0.15, 0.2) is 48.5 Å². The van der Waals surface area contributed by atoms with Gasteiger partial charge in [0.2, 0.25) is 11.8 Å². The Hall–Kier alpha value is -2.22. The van der Waals surface area contributed by atoms with Crippen molar-refractivity contribution < 1.29 is 13.8 Å². The number of halogens is 1. The smallest absolute Gasteiger partial charge is 0.245 e. The van der Waals surface area contributed by atoms with Crippen LogP contribution < -0.4 is 11.1 Å². The van der Waals surface area contributed by atoms with Gasteiger partial charge in [-0.3, -0.25) is 13.8 Å². The number of carbonyl (C=O) groups is 2. The molecule has 2 aromatic carbocycles. The molecule has 3 fully saturated rings. The third-order valence-electron chi connectivity index (χ3n) is 11.4. The number of benzene rings is 2. The monoisotopic (exact) mass is 637 g/mol. The lowest BCUT2D eigenvalue weighted by atomic mass is 9.65. The second-order valence-electron chi connectivity index (χ2n) is 14.2. The van der Waals surface area contributed by atoms with Gasteiger partial charge < -0.3 is 16.0 Å². The highest BCUT2D eigenvalue weighted by Crippen LogP contribution is 2.55. The van der Waals surface area contributed by atoms with Crippen molar-refractivity contribution in [2.45, 2.75) is 101 Å². The molecule has 2 bridgehead atoms. The summed E-state index contributed by atoms with van der Waals surface area (Å²) in [5, 5.41) is 3.98. The minimum Gasteiger partial charge on any atom is -0.344 e. The molecular weight excluding hydrogens is 590 g/mol. The number of piperidine rings is 1. The summed E-state index contributed by atoms with van der Waals surface area (Å²) in [6.07, 6.45) is 9.21. The zero-order valence-corrected chi connectivity index (χ0v) is 27.8. The summed E-state index contributed by atoms with van der Waals surface area (Å²) in [6, 6.07) is 14.9. The van der Waals surface area contributed by atoms with Crippen LogP contribution in [0.1, 0.15) is 93.7 Å². The minimum atomic E-state index is -0.882. The lowest BCUT2D eigenvalue weighted by Gasteiger charge is -2.48. The van der Waals surface area contributed by atoms with E-state index in [0.29, 0.717) is 30.5 Å². The maximum absolute atomic E-state index is 14.3. The summed E-state index contributed by atoms with van der Waals surface area (Å²) in [5.74, 6) is 1.07. The van der Waals surface area contributed by atoms with Crippen LogP contribution in [0.3, 0.4) is 0 Å². The van der Waals surface area contributed by atoms with Gasteiger partial charge in [-0.2, -0.15) is 0 Å². The van der Waals surface area contributed by atoms with Crippen molar-refractivity contribution in [1.82, 2.24) is 10.2 Å². The Morgan fingerprint density at radius 3 is 2.27 bits per heavy atom. The average molecular weight is 638 g/mol. The SMILES string of the molecule is CC(C)S(=O)CC1(C2CCCCC2)CCN(C(=O)[C@@H](Cc2ccc(Cl)cc2)NC(=O)C2C3CC(c4ccccc43)C2N)CC1. The standard InChI is InChI=1S/C36H48ClN3O3S/c1-23(2)44(43)22-36(25-8-4-3-5-9-25)16-18-40(19-17-36)35(42)31(20-24-12-14-26(37)15-13-24)39-34(41)32-29-21-30(33(32)38)28-11-7-6-10-27(28)29/h6-7,10-15,23,25,29-33H,3-5,8-9,16-22,38H2,1-2H3,(H,39,41)/t29?,30?,31-,32?,33?,44?/m1/s1. The normalized spacial score (nSPS) is 27.6. The van der Waals surface area contributed by atoms with E-state index in [1.165, 1.54) is 43.2 Å². The molecule has 44 heavy (non-hydrogen) atoms. The molecule has 1 saturated heterocycles. The first-order chi connectivity index (χ1) is 21.2. The van der Waals surface area contributed by atoms with Crippen molar-refractivity contribution in [3.05, 3.63) is 70.2 Å². The number of rotatable bonds is 9. The second-order valence-corrected chi connectivity index (χ2v) is 16.6. The Labute approximate surface area is 270 Å². The molecule has 3 aliphatic carbocycles. The fraction of sp³-hybridized carbons (Fsp3) is 0.611. The topological polar surface area (TPSA) is 92.5 Å². The van der Waals surface area contributed by atoms with Crippen LogP contribution in [0.4, 0.5) is 0 Å². The number of nitrogens with one attached hydrogen (secondary N) is 1. The molecule has 5 unspecified atom stereocenters. The molecule has 0 aromatic heterocycles. The molecule has 2 amide bonds. The summed E-state index contributed by atoms with van der Waals surface area (Å²) < 4.78 is 13.2. The van der Waals surface area contributed by atoms with E-state index in [4.69, 9.17) is 17.3 Å². The van der Waals surface area contributed by atoms with E-state index in [1.807, 2.05) is 55.1 Å². The van der Waals surface area contributed by atoms with Crippen LogP contribution in [0.2, 0.25) is 5.02 Å². The first-order valence-electron chi connectivity index (χ1n) is 16.7. The number of hydrogen-bond donors (Lipinski definition) is 2. The quantitative estimate of drug-likeness (QED) is 0.356. The molecule has 8 heteroatoms. The van der Waals surface area contributed by atoms with Crippen molar-refractivity contribution in [1.29, 1.82) is 0 Å². The van der Waals surface area contributed by atoms with E-state index >= 15 is 0 Å². The highest BCUT2D eigenvalue weighted by Gasteiger charge is 2.53. The zero-order valence-electron chi connectivity index (χ0n) is 26.2. The second kappa shape index (κ2) is 13.3. The molecule has 2 aromatic rings. The largest absolute Gasteiger partial charge is 0.344 e. The number of likely N-dealkylation sites (tertiary alicyclic amines) is 1. The third kappa shape index (κ3) is 6.26. The molecule has 6 nitrogen and oxygen atoms in total. The van der Waals surface area contributed by atoms with Gasteiger partial charge in [0.25, 0.3) is 0 Å². The molecule has 3 N–H and O–H groups in total. The molecular formula is C36H48ClN3O3S. The fourth-order valence-corrected chi connectivity index (χ4v) is 10.4. The number of carbonyl (C=O) groups excluding carboxylic acids is 2. The Morgan fingerprint density at radius 2 is 1.64 bits per heavy atom. The van der Waals surface area contributed by atoms with Crippen molar-refractivity contribution >= 4 is 34.2 Å². The van der Waals surface area contributed by atoms with E-state index < -0.39 is 16.8 Å². The number of hydrogen-bond acceptors (Lipinski definition) is 4. The summed E-state index contributed by atoms with van der Waals surface area (Å²) >= 11 is 6.16. The summed E-state index contributed by atoms with van der Waals surface area (Å²) in [6.45, 7) is 5.37. The molecule has 1 heterocycles. The van der Waals surface area contributed by atoms with Crippen LogP contribution in [0, 0.1) is 17.3 Å². The third-order valence-corrected chi connectivity index (χ3v) is 13.5. The Balaban J connectivity index is 1.20. The molecule has 0 spiro atoms. The van der Waals surface area contributed by atoms with E-state index in [9.17, 15) is 13.8 Å². The predicted molar refractivity (Wildman–Crippen MR) is 178 cm³/mol. The fourth-order valence-electron chi connectivity index (χ4n) is 8.85. The Bertz CT molecular complexity index is 1370. The number of amides is 2. The van der Waals surface area contributed by atoms with Gasteiger partial charge in [-0.15, -0.1) is 0 Å². The molecule has 6 atom stereocenters. The maximum atomic E-state index is 14.3. The predicted octanol–water partition coefficient (Wildman–Crippen LogP) is 5.94. The van der Waals surface area contributed by atoms with Gasteiger partial charge in [0, 0.05) is 58.3 Å². The minimum absolute atomic E-state index is 0.0184. The van der Waals surface area contributed by atoms with Gasteiger partial charge in [-0.1, -0.05) is 81.1 Å². The Kier molecular flexibility index (Phi) is 9.56. The van der Waals surface area contributed by atoms with E-state index in [2.05, 4.69) is 17.4 Å². The summed E-state index contributed by atoms with van der Waals surface area (Å²) in [4.78, 5) is 30.2. The Morgan fingerprint density at radius 1 is 1.00 bits per heavy atom. The number of nitrogens with two attached hydrogens (primary N) is 1. The first-order valence-corrected chi connectivity index (χ1v) is 18.5. The molecule has 2 saturated carbocycles. The van der Waals surface area contributed by atoms with E-state index in [1.54, 1.807) is 0 Å². The molecule has 0 radical (unpaired) electrons. The molecule has 1 aliphatic heterocycles. The zero-order chi connectivity index (χ0) is 31.0. The van der Waals surface area contributed by atoms with Crippen LogP contribution in [-0.2, 0) is 26.8 Å². The maximum Gasteiger partial charge on any atom is 0.245 e. The van der Waals surface area contributed by atoms with Gasteiger partial charge in [-0.25, -0.2) is 0 Å². The van der Waals surface area contributed by atoms with Gasteiger partial charge in [0.1, 0.15) is 6.04 Å². The van der Waals surface area contributed by atoms with Crippen LogP contribution in [0.25, 0.3) is 0 Å². The molecule has 238 valence electrons. The highest BCUT2D eigenvalue weighted by molar-refractivity contribution is 7.85. The summed E-state index contributed by atoms with van der Waals surface area (Å²) in [7, 11) is -0.882. The molecule has 6 rings (SSSR count). The lowest BCUT2D eigenvalue weighted by molar-refractivity contribution is -0.140. The molecule has 4 aliphatic rings. The van der Waals surface area contributed by atoms with Crippen LogP contribution >= 0.6 is 11.6 Å². The number of nitrogens with zero attached hydrogens (tertiary/aromatic N) is 1. The van der Waals surface area contributed by atoms with Crippen molar-refractivity contribution in [3.8, 4) is 0 Å². The van der Waals surface area contributed by atoms with E-state index in [0.717, 1.165) is 30.6 Å². The average Bonchev–Trinajstić information content (AvgIpc) is 3.58. The highest BCUT2D eigenvalue weighted by atomic mass is 35.5. The van der Waals surface area contributed by atoms with Crippen molar-refractivity contribution in [3.63, 3.8) is 0 Å². The first kappa shape index (κ1) is 31.7. The van der Waals surface area contributed by atoms with Crippen LogP contribution in [-0.4, -0.2) is 57.1 Å². The van der Waals surface area contributed by atoms with Gasteiger partial charge in [0.05, 0.1) is 5.92 Å².